The van der Waals surface area contributed by atoms with Gasteiger partial charge in [-0.25, -0.2) is 9.67 Å². The molecule has 1 aliphatic heterocycles. The fraction of sp³-hybridized carbons (Fsp3) is 0.591. The van der Waals surface area contributed by atoms with Gasteiger partial charge in [0.05, 0.1) is 18.9 Å². The van der Waals surface area contributed by atoms with Gasteiger partial charge < -0.3 is 15.4 Å². The first-order valence-electron chi connectivity index (χ1n) is 11.0. The average molecular weight is 539 g/mol. The molecule has 0 radical (unpaired) electrons. The summed E-state index contributed by atoms with van der Waals surface area (Å²) in [6.07, 6.45) is 9.72. The van der Waals surface area contributed by atoms with Crippen LogP contribution in [-0.2, 0) is 11.3 Å². The van der Waals surface area contributed by atoms with Crippen molar-refractivity contribution in [3.05, 3.63) is 42.5 Å². The average Bonchev–Trinajstić information content (AvgIpc) is 3.36. The van der Waals surface area contributed by atoms with E-state index < -0.39 is 0 Å². The van der Waals surface area contributed by atoms with Crippen LogP contribution >= 0.6 is 24.0 Å². The van der Waals surface area contributed by atoms with Gasteiger partial charge in [-0.15, -0.1) is 24.0 Å². The van der Waals surface area contributed by atoms with Crippen molar-refractivity contribution >= 4 is 29.9 Å². The molecule has 2 fully saturated rings. The van der Waals surface area contributed by atoms with Crippen LogP contribution in [0.5, 0.6) is 0 Å². The van der Waals surface area contributed by atoms with Gasteiger partial charge >= 0.3 is 0 Å². The van der Waals surface area contributed by atoms with Gasteiger partial charge in [-0.1, -0.05) is 31.4 Å². The lowest BCUT2D eigenvalue weighted by Crippen LogP contribution is -2.60. The predicted molar refractivity (Wildman–Crippen MR) is 133 cm³/mol. The second-order valence-corrected chi connectivity index (χ2v) is 8.17. The highest BCUT2D eigenvalue weighted by atomic mass is 127. The van der Waals surface area contributed by atoms with E-state index in [1.165, 1.54) is 37.7 Å². The number of benzene rings is 1. The highest BCUT2D eigenvalue weighted by Crippen LogP contribution is 2.33. The van der Waals surface area contributed by atoms with Crippen LogP contribution < -0.4 is 10.6 Å². The summed E-state index contributed by atoms with van der Waals surface area (Å²) in [5.74, 6) is 0.855. The fourth-order valence-corrected chi connectivity index (χ4v) is 4.62. The number of nitrogens with zero attached hydrogens (tertiary/aromatic N) is 5. The lowest BCUT2D eigenvalue weighted by atomic mass is 9.80. The van der Waals surface area contributed by atoms with Gasteiger partial charge in [-0.05, 0) is 30.5 Å². The molecule has 8 nitrogen and oxygen atoms in total. The molecule has 0 atom stereocenters. The van der Waals surface area contributed by atoms with E-state index in [0.29, 0.717) is 0 Å². The minimum Gasteiger partial charge on any atom is -0.379 e. The highest BCUT2D eigenvalue weighted by Gasteiger charge is 2.38. The topological polar surface area (TPSA) is 79.6 Å². The number of rotatable bonds is 6. The van der Waals surface area contributed by atoms with Crippen LogP contribution in [0.1, 0.15) is 37.7 Å². The maximum atomic E-state index is 5.59. The molecule has 0 unspecified atom stereocenters. The number of halogens is 1. The standard InChI is InChI=1S/C22H33N7O.HI/c1-23-21(25-15-19-5-7-20(8-6-19)29-18-24-17-27-29)26-16-22(9-3-2-4-10-22)28-11-13-30-14-12-28;/h5-8,17-18H,2-4,9-16H2,1H3,(H2,23,25,26);1H. The molecule has 0 bridgehead atoms. The number of nitrogens with one attached hydrogen (secondary N) is 2. The molecule has 2 aliphatic rings. The molecule has 1 aliphatic carbocycles. The molecule has 2 N–H and O–H groups in total. The summed E-state index contributed by atoms with van der Waals surface area (Å²) in [7, 11) is 1.84. The molecule has 0 spiro atoms. The molecule has 4 rings (SSSR count). The van der Waals surface area contributed by atoms with Crippen LogP contribution in [0.2, 0.25) is 0 Å². The van der Waals surface area contributed by atoms with E-state index in [1.54, 1.807) is 17.3 Å². The molecule has 2 heterocycles. The fourth-order valence-electron chi connectivity index (χ4n) is 4.62. The lowest BCUT2D eigenvalue weighted by Gasteiger charge is -2.48. The van der Waals surface area contributed by atoms with E-state index in [-0.39, 0.29) is 29.5 Å². The van der Waals surface area contributed by atoms with Crippen LogP contribution in [0.15, 0.2) is 41.9 Å². The van der Waals surface area contributed by atoms with Crippen LogP contribution in [0.3, 0.4) is 0 Å². The molecular formula is C22H34IN7O. The Balaban J connectivity index is 0.00000272. The van der Waals surface area contributed by atoms with Gasteiger partial charge in [-0.2, -0.15) is 5.10 Å². The summed E-state index contributed by atoms with van der Waals surface area (Å²) in [4.78, 5) is 11.1. The van der Waals surface area contributed by atoms with E-state index in [2.05, 4.69) is 54.9 Å². The summed E-state index contributed by atoms with van der Waals surface area (Å²) < 4.78 is 7.35. The van der Waals surface area contributed by atoms with Crippen molar-refractivity contribution in [3.8, 4) is 5.69 Å². The van der Waals surface area contributed by atoms with Gasteiger partial charge in [0.1, 0.15) is 12.7 Å². The summed E-state index contributed by atoms with van der Waals surface area (Å²) in [5.41, 5.74) is 2.42. The minimum atomic E-state index is 0. The molecule has 1 saturated carbocycles. The number of ether oxygens (including phenoxy) is 1. The smallest absolute Gasteiger partial charge is 0.191 e. The Kier molecular flexibility index (Phi) is 9.09. The van der Waals surface area contributed by atoms with Crippen molar-refractivity contribution in [2.75, 3.05) is 39.9 Å². The number of hydrogen-bond acceptors (Lipinski definition) is 5. The number of guanidine groups is 1. The molecule has 170 valence electrons. The predicted octanol–water partition coefficient (Wildman–Crippen LogP) is 2.59. The Hall–Kier alpha value is -1.72. The highest BCUT2D eigenvalue weighted by molar-refractivity contribution is 14.0. The number of aliphatic imine (C=N–C) groups is 1. The summed E-state index contributed by atoms with van der Waals surface area (Å²) in [6, 6.07) is 8.32. The second-order valence-electron chi connectivity index (χ2n) is 8.17. The van der Waals surface area contributed by atoms with Crippen LogP contribution in [0.4, 0.5) is 0 Å². The Morgan fingerprint density at radius 2 is 1.84 bits per heavy atom. The largest absolute Gasteiger partial charge is 0.379 e. The third kappa shape index (κ3) is 6.17. The van der Waals surface area contributed by atoms with Crippen LogP contribution in [-0.4, -0.2) is 71.1 Å². The maximum absolute atomic E-state index is 5.59. The summed E-state index contributed by atoms with van der Waals surface area (Å²) in [6.45, 7) is 5.41. The first kappa shape index (κ1) is 23.9. The maximum Gasteiger partial charge on any atom is 0.191 e. The Morgan fingerprint density at radius 3 is 2.48 bits per heavy atom. The van der Waals surface area contributed by atoms with Gasteiger partial charge in [0, 0.05) is 38.8 Å². The van der Waals surface area contributed by atoms with Crippen molar-refractivity contribution in [1.29, 1.82) is 0 Å². The van der Waals surface area contributed by atoms with Crippen molar-refractivity contribution in [2.45, 2.75) is 44.2 Å². The Morgan fingerprint density at radius 1 is 1.10 bits per heavy atom. The molecule has 31 heavy (non-hydrogen) atoms. The van der Waals surface area contributed by atoms with Crippen molar-refractivity contribution in [1.82, 2.24) is 30.3 Å². The summed E-state index contributed by atoms with van der Waals surface area (Å²) >= 11 is 0. The van der Waals surface area contributed by atoms with E-state index in [1.807, 2.05) is 7.05 Å². The molecule has 1 aromatic carbocycles. The SMILES string of the molecule is CN=C(NCc1ccc(-n2cncn2)cc1)NCC1(N2CCOCC2)CCCCC1.I. The minimum absolute atomic E-state index is 0. The zero-order valence-electron chi connectivity index (χ0n) is 18.3. The first-order valence-corrected chi connectivity index (χ1v) is 11.0. The number of hydrogen-bond donors (Lipinski definition) is 2. The molecule has 0 amide bonds. The van der Waals surface area contributed by atoms with Crippen molar-refractivity contribution in [3.63, 3.8) is 0 Å². The molecule has 2 aromatic rings. The van der Waals surface area contributed by atoms with E-state index in [9.17, 15) is 0 Å². The van der Waals surface area contributed by atoms with Gasteiger partial charge in [0.15, 0.2) is 5.96 Å². The van der Waals surface area contributed by atoms with Gasteiger partial charge in [-0.3, -0.25) is 9.89 Å². The lowest BCUT2D eigenvalue weighted by molar-refractivity contribution is -0.0352. The van der Waals surface area contributed by atoms with E-state index in [0.717, 1.165) is 51.0 Å². The normalized spacial score (nSPS) is 19.5. The van der Waals surface area contributed by atoms with Gasteiger partial charge in [0.25, 0.3) is 0 Å². The van der Waals surface area contributed by atoms with E-state index >= 15 is 0 Å². The number of aromatic nitrogens is 3. The zero-order chi connectivity index (χ0) is 20.7. The quantitative estimate of drug-likeness (QED) is 0.334. The van der Waals surface area contributed by atoms with Crippen molar-refractivity contribution < 1.29 is 4.74 Å². The van der Waals surface area contributed by atoms with Crippen molar-refractivity contribution in [2.24, 2.45) is 4.99 Å². The Labute approximate surface area is 201 Å². The third-order valence-corrected chi connectivity index (χ3v) is 6.35. The Bertz CT molecular complexity index is 798. The monoisotopic (exact) mass is 539 g/mol. The third-order valence-electron chi connectivity index (χ3n) is 6.35. The first-order chi connectivity index (χ1) is 14.8. The molecule has 1 aromatic heterocycles. The summed E-state index contributed by atoms with van der Waals surface area (Å²) in [5, 5.41) is 11.2. The number of morpholine rings is 1. The molecule has 9 heteroatoms. The second kappa shape index (κ2) is 11.8. The molecule has 1 saturated heterocycles. The van der Waals surface area contributed by atoms with Crippen LogP contribution in [0, 0.1) is 0 Å². The van der Waals surface area contributed by atoms with Gasteiger partial charge in [0.2, 0.25) is 0 Å². The van der Waals surface area contributed by atoms with E-state index in [4.69, 9.17) is 4.74 Å². The zero-order valence-corrected chi connectivity index (χ0v) is 20.6. The van der Waals surface area contributed by atoms with Crippen LogP contribution in [0.25, 0.3) is 5.69 Å². The molecular weight excluding hydrogens is 505 g/mol.